The maximum atomic E-state index is 14.6. The number of anilines is 2. The van der Waals surface area contributed by atoms with E-state index in [1.165, 1.54) is 42.5 Å². The fourth-order valence-electron chi connectivity index (χ4n) is 6.03. The van der Waals surface area contributed by atoms with Gasteiger partial charge >= 0.3 is 6.18 Å². The van der Waals surface area contributed by atoms with Crippen molar-refractivity contribution >= 4 is 82.4 Å². The Bertz CT molecular complexity index is 2650. The summed E-state index contributed by atoms with van der Waals surface area (Å²) in [7, 11) is 3.59. The number of benzene rings is 3. The highest BCUT2D eigenvalue weighted by Gasteiger charge is 2.40. The number of aliphatic hydroxyl groups excluding tert-OH is 1. The van der Waals surface area contributed by atoms with Crippen molar-refractivity contribution in [2.45, 2.75) is 43.1 Å². The third kappa shape index (κ3) is 17.5. The maximum absolute atomic E-state index is 14.6. The van der Waals surface area contributed by atoms with Gasteiger partial charge in [0, 0.05) is 38.5 Å². The van der Waals surface area contributed by atoms with Gasteiger partial charge in [-0.15, -0.1) is 0 Å². The second kappa shape index (κ2) is 25.6. The monoisotopic (exact) mass is 1030 g/mol. The van der Waals surface area contributed by atoms with Crippen LogP contribution in [0.25, 0.3) is 6.08 Å². The molecule has 0 spiro atoms. The Morgan fingerprint density at radius 2 is 1.11 bits per heavy atom. The molecule has 0 bridgehead atoms. The van der Waals surface area contributed by atoms with Gasteiger partial charge in [-0.05, 0) is 29.3 Å². The first-order chi connectivity index (χ1) is 34.1. The Labute approximate surface area is 411 Å². The van der Waals surface area contributed by atoms with Crippen LogP contribution in [0.15, 0.2) is 98.8 Å². The first-order valence-electron chi connectivity index (χ1n) is 20.5. The quantitative estimate of drug-likeness (QED) is 0.0139. The van der Waals surface area contributed by atoms with Crippen LogP contribution in [0.1, 0.15) is 22.7 Å². The molecule has 3 aromatic rings. The van der Waals surface area contributed by atoms with Crippen molar-refractivity contribution in [3.63, 3.8) is 0 Å². The van der Waals surface area contributed by atoms with E-state index in [-0.39, 0.29) is 11.6 Å². The number of nitro benzene ring substituents is 1. The molecule has 6 unspecified atom stereocenters. The molecule has 0 radical (unpaired) electrons. The van der Waals surface area contributed by atoms with Gasteiger partial charge < -0.3 is 93.1 Å². The molecule has 392 valence electrons. The van der Waals surface area contributed by atoms with Gasteiger partial charge in [0.15, 0.2) is 23.8 Å². The van der Waals surface area contributed by atoms with E-state index in [4.69, 9.17) is 51.6 Å². The number of carbonyl (C=O) groups is 6. The van der Waals surface area contributed by atoms with E-state index in [1.54, 1.807) is 38.4 Å². The lowest BCUT2D eigenvalue weighted by atomic mass is 10.1. The lowest BCUT2D eigenvalue weighted by molar-refractivity contribution is -0.385. The van der Waals surface area contributed by atoms with Crippen molar-refractivity contribution in [2.75, 3.05) is 30.4 Å². The van der Waals surface area contributed by atoms with Crippen LogP contribution in [0.2, 0.25) is 0 Å². The van der Waals surface area contributed by atoms with Crippen molar-refractivity contribution in [2.24, 2.45) is 71.6 Å². The molecule has 0 aliphatic heterocycles. The summed E-state index contributed by atoms with van der Waals surface area (Å²) in [6, 6.07) is 13.4. The number of nitrogens with zero attached hydrogens (tertiary/aromatic N) is 7. The number of non-ortho nitro benzene ring substituents is 1. The highest BCUT2D eigenvalue weighted by Crippen LogP contribution is 2.39. The molecular weight excluding hydrogens is 976 g/mol. The van der Waals surface area contributed by atoms with Gasteiger partial charge in [-0.25, -0.2) is 20.0 Å². The maximum Gasteiger partial charge on any atom is 0.418 e. The fraction of sp³-hybridized carbons (Fsp3) is 0.250. The number of nitrogens with two attached hydrogens (primary N) is 9. The van der Waals surface area contributed by atoms with E-state index >= 15 is 0 Å². The van der Waals surface area contributed by atoms with Crippen molar-refractivity contribution in [3.8, 4) is 0 Å². The summed E-state index contributed by atoms with van der Waals surface area (Å²) < 4.78 is 43.7. The molecule has 0 heterocycles. The average Bonchev–Trinajstić information content (AvgIpc) is 3.30. The van der Waals surface area contributed by atoms with E-state index in [9.17, 15) is 57.2 Å². The third-order valence-electron chi connectivity index (χ3n) is 9.28. The number of aliphatic hydroxyl groups is 1. The molecule has 3 aromatic carbocycles. The summed E-state index contributed by atoms with van der Waals surface area (Å²) in [5.74, 6) is -11.7. The van der Waals surface area contributed by atoms with Crippen LogP contribution in [0.4, 0.5) is 30.2 Å². The van der Waals surface area contributed by atoms with Crippen molar-refractivity contribution in [1.29, 1.82) is 0 Å². The number of nitrogens with one attached hydrogen (secondary N) is 5. The van der Waals surface area contributed by atoms with Gasteiger partial charge in [0.25, 0.3) is 35.2 Å². The van der Waals surface area contributed by atoms with Gasteiger partial charge in [0.2, 0.25) is 36.8 Å². The minimum atomic E-state index is -5.27. The van der Waals surface area contributed by atoms with E-state index in [0.717, 1.165) is 11.8 Å². The lowest BCUT2D eigenvalue weighted by Crippen LogP contribution is -2.58. The largest absolute Gasteiger partial charge is 0.418 e. The standard InChI is InChI=1S/C40H52F3N21O9/c1-62(2)20-12-10-18(11-13-20)7-6-16-63(23-15-14-21(64(72)73)17-22(23)40(41,42)43)35(71)34(70)53-24(19-8-4-3-5-9-19)30(66)55-27(59-37(47)48)32(68)57-29(61-39(51)52)33(69)56-28(60-38(49)50)31(67)54-26(25(44)65)58-36(45)46/h3-15,17,24,26-29,35,71H,16H2,1-2H3,(H2,44,65)(H,53,70)(H,54,67)(H,55,66)(H,56,69)(H,57,68)(H4,45,46,58)(H4,47,48,59)(H4,49,50,60)(H4,51,52,61)/b7-6-. The minimum Gasteiger partial charge on any atom is -0.378 e. The van der Waals surface area contributed by atoms with E-state index in [2.05, 4.69) is 30.6 Å². The van der Waals surface area contributed by atoms with E-state index in [1.807, 2.05) is 20.9 Å². The predicted molar refractivity (Wildman–Crippen MR) is 259 cm³/mol. The van der Waals surface area contributed by atoms with Crippen molar-refractivity contribution in [1.82, 2.24) is 26.6 Å². The lowest BCUT2D eigenvalue weighted by Gasteiger charge is -2.31. The topological polar surface area (TPSA) is 516 Å². The number of hydrogen-bond donors (Lipinski definition) is 15. The van der Waals surface area contributed by atoms with Crippen LogP contribution in [0.3, 0.4) is 0 Å². The number of nitro groups is 1. The Kier molecular flexibility index (Phi) is 20.1. The average molecular weight is 1030 g/mol. The summed E-state index contributed by atoms with van der Waals surface area (Å²) in [5, 5.41) is 33.4. The molecule has 0 aliphatic carbocycles. The van der Waals surface area contributed by atoms with Gasteiger partial charge in [0.1, 0.15) is 6.04 Å². The number of primary amides is 1. The van der Waals surface area contributed by atoms with Crippen LogP contribution in [0.5, 0.6) is 0 Å². The smallest absolute Gasteiger partial charge is 0.378 e. The SMILES string of the molecule is CN(C)c1ccc(/C=C\CN(c2ccc([N+](=O)[O-])cc2C(F)(F)F)C(O)C(=O)NC(C(=O)NC(N=C(N)N)C(=O)NC(N=C(N)N)C(=O)NC(N=C(N)N)C(=O)NC(N=C(N)N)C(N)=O)c2ccccc2)cc1. The normalized spacial score (nSPS) is 13.4. The first-order valence-corrected chi connectivity index (χ1v) is 20.5. The Morgan fingerprint density at radius 1 is 0.658 bits per heavy atom. The zero-order valence-corrected chi connectivity index (χ0v) is 38.4. The molecule has 0 aliphatic rings. The zero-order chi connectivity index (χ0) is 54.9. The number of guanidine groups is 4. The van der Waals surface area contributed by atoms with Crippen LogP contribution >= 0.6 is 0 Å². The molecule has 0 fully saturated rings. The second-order valence-corrected chi connectivity index (χ2v) is 15.0. The number of halogens is 3. The third-order valence-corrected chi connectivity index (χ3v) is 9.28. The zero-order valence-electron chi connectivity index (χ0n) is 38.4. The molecule has 3 rings (SSSR count). The van der Waals surface area contributed by atoms with Gasteiger partial charge in [-0.1, -0.05) is 54.6 Å². The minimum absolute atomic E-state index is 0.0661. The fourth-order valence-corrected chi connectivity index (χ4v) is 6.03. The van der Waals surface area contributed by atoms with Gasteiger partial charge in [-0.2, -0.15) is 13.2 Å². The molecule has 0 saturated heterocycles. The number of alkyl halides is 3. The summed E-state index contributed by atoms with van der Waals surface area (Å²) >= 11 is 0. The highest BCUT2D eigenvalue weighted by atomic mass is 19.4. The first kappa shape index (κ1) is 57.4. The van der Waals surface area contributed by atoms with E-state index in [0.29, 0.717) is 16.5 Å². The predicted octanol–water partition coefficient (Wildman–Crippen LogP) is -5.28. The molecule has 6 amide bonds. The molecule has 33 heteroatoms. The number of rotatable bonds is 23. The molecule has 0 saturated carbocycles. The summed E-state index contributed by atoms with van der Waals surface area (Å²) in [4.78, 5) is 107. The molecule has 24 N–H and O–H groups in total. The Balaban J connectivity index is 2.03. The van der Waals surface area contributed by atoms with Crippen LogP contribution in [-0.2, 0) is 34.9 Å². The van der Waals surface area contributed by atoms with E-state index < -0.39 is 131 Å². The summed E-state index contributed by atoms with van der Waals surface area (Å²) in [6.45, 7) is -0.645. The van der Waals surface area contributed by atoms with Gasteiger partial charge in [-0.3, -0.25) is 38.9 Å². The number of hydrogen-bond acceptors (Lipinski definition) is 15. The Hall–Kier alpha value is -9.95. The number of amides is 6. The highest BCUT2D eigenvalue weighted by molar-refractivity contribution is 5.99. The molecule has 0 aromatic heterocycles. The van der Waals surface area contributed by atoms with Crippen LogP contribution in [-0.4, -0.2) is 121 Å². The molecule has 73 heavy (non-hydrogen) atoms. The van der Waals surface area contributed by atoms with Crippen molar-refractivity contribution in [3.05, 3.63) is 106 Å². The molecular formula is C40H52F3N21O9. The van der Waals surface area contributed by atoms with Crippen LogP contribution in [0, 0.1) is 10.1 Å². The second-order valence-electron chi connectivity index (χ2n) is 15.0. The summed E-state index contributed by atoms with van der Waals surface area (Å²) in [5.41, 5.74) is 46.4. The van der Waals surface area contributed by atoms with Crippen molar-refractivity contribution < 1.29 is 52.0 Å². The van der Waals surface area contributed by atoms with Crippen LogP contribution < -0.4 is 88.0 Å². The Morgan fingerprint density at radius 3 is 1.53 bits per heavy atom. The summed E-state index contributed by atoms with van der Waals surface area (Å²) in [6.07, 6.45) is -13.7. The molecule has 30 nitrogen and oxygen atoms in total. The van der Waals surface area contributed by atoms with Gasteiger partial charge in [0.05, 0.1) is 16.2 Å². The molecule has 6 atom stereocenters. The number of aliphatic imine (C=N–C) groups is 4. The number of carbonyl (C=O) groups excluding carboxylic acids is 6.